The number of nitrogens with two attached hydrogens (primary N) is 1. The van der Waals surface area contributed by atoms with E-state index in [0.29, 0.717) is 11.3 Å². The van der Waals surface area contributed by atoms with E-state index in [9.17, 15) is 4.79 Å². The summed E-state index contributed by atoms with van der Waals surface area (Å²) in [6, 6.07) is 8.76. The first kappa shape index (κ1) is 15.1. The molecule has 0 aliphatic carbocycles. The van der Waals surface area contributed by atoms with E-state index in [1.54, 1.807) is 7.11 Å². The van der Waals surface area contributed by atoms with Gasteiger partial charge in [0.25, 0.3) is 5.91 Å². The Labute approximate surface area is 128 Å². The minimum absolute atomic E-state index is 0.172. The van der Waals surface area contributed by atoms with Gasteiger partial charge in [-0.1, -0.05) is 23.7 Å². The summed E-state index contributed by atoms with van der Waals surface area (Å²) in [5.74, 6) is 0.475. The van der Waals surface area contributed by atoms with Crippen LogP contribution in [-0.2, 0) is 0 Å². The molecule has 3 N–H and O–H groups in total. The number of nitrogens with zero attached hydrogens (tertiary/aromatic N) is 1. The molecule has 1 aromatic carbocycles. The molecule has 2 rings (SSSR count). The standard InChI is InChI=1S/C15H16ClN3O2/c1-9(10-3-5-11(21-2)6-4-10)19-15(20)12-7-14(16)18-8-13(12)17/h3-9H,17H2,1-2H3,(H,19,20). The number of halogens is 1. The smallest absolute Gasteiger partial charge is 0.254 e. The molecule has 0 radical (unpaired) electrons. The maximum Gasteiger partial charge on any atom is 0.254 e. The van der Waals surface area contributed by atoms with Crippen molar-refractivity contribution >= 4 is 23.2 Å². The van der Waals surface area contributed by atoms with Crippen molar-refractivity contribution < 1.29 is 9.53 Å². The number of hydrogen-bond acceptors (Lipinski definition) is 4. The summed E-state index contributed by atoms with van der Waals surface area (Å²) in [6.45, 7) is 1.89. The van der Waals surface area contributed by atoms with Gasteiger partial charge in [-0.3, -0.25) is 4.79 Å². The Bertz CT molecular complexity index is 644. The lowest BCUT2D eigenvalue weighted by molar-refractivity contribution is 0.0940. The lowest BCUT2D eigenvalue weighted by Crippen LogP contribution is -2.27. The fourth-order valence-corrected chi connectivity index (χ4v) is 2.05. The minimum Gasteiger partial charge on any atom is -0.497 e. The van der Waals surface area contributed by atoms with Crippen molar-refractivity contribution in [2.75, 3.05) is 12.8 Å². The number of methoxy groups -OCH3 is 1. The normalized spacial score (nSPS) is 11.8. The van der Waals surface area contributed by atoms with Crippen LogP contribution in [0.4, 0.5) is 5.69 Å². The third-order valence-corrected chi connectivity index (χ3v) is 3.32. The molecule has 0 saturated carbocycles. The van der Waals surface area contributed by atoms with Crippen molar-refractivity contribution in [2.24, 2.45) is 0 Å². The third-order valence-electron chi connectivity index (χ3n) is 3.11. The van der Waals surface area contributed by atoms with Gasteiger partial charge < -0.3 is 15.8 Å². The van der Waals surface area contributed by atoms with Crippen LogP contribution in [0.15, 0.2) is 36.5 Å². The third kappa shape index (κ3) is 3.64. The topological polar surface area (TPSA) is 77.2 Å². The molecule has 1 aromatic heterocycles. The first-order valence-electron chi connectivity index (χ1n) is 6.37. The maximum atomic E-state index is 12.2. The van der Waals surface area contributed by atoms with Gasteiger partial charge in [0.05, 0.1) is 30.6 Å². The number of amides is 1. The maximum absolute atomic E-state index is 12.2. The number of aromatic nitrogens is 1. The highest BCUT2D eigenvalue weighted by molar-refractivity contribution is 6.29. The second kappa shape index (κ2) is 6.45. The number of nitrogens with one attached hydrogen (secondary N) is 1. The van der Waals surface area contributed by atoms with Crippen LogP contribution in [0.2, 0.25) is 5.15 Å². The van der Waals surface area contributed by atoms with E-state index >= 15 is 0 Å². The van der Waals surface area contributed by atoms with Gasteiger partial charge in [-0.25, -0.2) is 4.98 Å². The average molecular weight is 306 g/mol. The van der Waals surface area contributed by atoms with Crippen LogP contribution in [0.5, 0.6) is 5.75 Å². The van der Waals surface area contributed by atoms with E-state index in [4.69, 9.17) is 22.1 Å². The monoisotopic (exact) mass is 305 g/mol. The quantitative estimate of drug-likeness (QED) is 0.852. The van der Waals surface area contributed by atoms with E-state index in [1.165, 1.54) is 12.3 Å². The van der Waals surface area contributed by atoms with Gasteiger partial charge in [0.15, 0.2) is 0 Å². The number of pyridine rings is 1. The van der Waals surface area contributed by atoms with Gasteiger partial charge >= 0.3 is 0 Å². The van der Waals surface area contributed by atoms with Gasteiger partial charge in [0.2, 0.25) is 0 Å². The molecular weight excluding hydrogens is 290 g/mol. The molecule has 1 amide bonds. The van der Waals surface area contributed by atoms with Crippen molar-refractivity contribution in [1.82, 2.24) is 10.3 Å². The molecule has 0 aliphatic heterocycles. The van der Waals surface area contributed by atoms with E-state index in [1.807, 2.05) is 31.2 Å². The Hall–Kier alpha value is -2.27. The summed E-state index contributed by atoms with van der Waals surface area (Å²) in [5.41, 5.74) is 7.31. The minimum atomic E-state index is -0.292. The molecule has 0 bridgehead atoms. The van der Waals surface area contributed by atoms with E-state index in [0.717, 1.165) is 11.3 Å². The summed E-state index contributed by atoms with van der Waals surface area (Å²) in [7, 11) is 1.61. The Morgan fingerprint density at radius 3 is 2.67 bits per heavy atom. The van der Waals surface area contributed by atoms with Crippen LogP contribution in [-0.4, -0.2) is 18.0 Å². The van der Waals surface area contributed by atoms with Crippen LogP contribution in [0, 0.1) is 0 Å². The van der Waals surface area contributed by atoms with Crippen LogP contribution in [0.1, 0.15) is 28.9 Å². The predicted octanol–water partition coefficient (Wildman–Crippen LogP) is 2.82. The zero-order valence-electron chi connectivity index (χ0n) is 11.8. The van der Waals surface area contributed by atoms with Crippen molar-refractivity contribution in [3.8, 4) is 5.75 Å². The molecule has 110 valence electrons. The SMILES string of the molecule is COc1ccc(C(C)NC(=O)c2cc(Cl)ncc2N)cc1. The summed E-state index contributed by atoms with van der Waals surface area (Å²) in [4.78, 5) is 16.0. The number of nitrogen functional groups attached to an aromatic ring is 1. The molecule has 1 unspecified atom stereocenters. The number of carbonyl (C=O) groups excluding carboxylic acids is 1. The average Bonchev–Trinajstić information content (AvgIpc) is 2.49. The summed E-state index contributed by atoms with van der Waals surface area (Å²) in [5, 5.41) is 3.10. The van der Waals surface area contributed by atoms with Crippen molar-refractivity contribution in [1.29, 1.82) is 0 Å². The molecule has 6 heteroatoms. The Balaban J connectivity index is 2.12. The van der Waals surface area contributed by atoms with Crippen molar-refractivity contribution in [3.05, 3.63) is 52.8 Å². The molecule has 0 spiro atoms. The highest BCUT2D eigenvalue weighted by atomic mass is 35.5. The number of hydrogen-bond donors (Lipinski definition) is 2. The zero-order valence-corrected chi connectivity index (χ0v) is 12.5. The second-order valence-electron chi connectivity index (χ2n) is 4.56. The molecule has 1 heterocycles. The van der Waals surface area contributed by atoms with Gasteiger partial charge in [0.1, 0.15) is 10.9 Å². The van der Waals surface area contributed by atoms with Crippen molar-refractivity contribution in [3.63, 3.8) is 0 Å². The largest absolute Gasteiger partial charge is 0.497 e. The number of anilines is 1. The Morgan fingerprint density at radius 2 is 2.05 bits per heavy atom. The van der Waals surface area contributed by atoms with Crippen LogP contribution in [0.3, 0.4) is 0 Å². The number of ether oxygens (including phenoxy) is 1. The number of benzene rings is 1. The molecule has 21 heavy (non-hydrogen) atoms. The van der Waals surface area contributed by atoms with Gasteiger partial charge in [-0.15, -0.1) is 0 Å². The molecule has 0 fully saturated rings. The molecule has 1 atom stereocenters. The van der Waals surface area contributed by atoms with Gasteiger partial charge in [-0.2, -0.15) is 0 Å². The summed E-state index contributed by atoms with van der Waals surface area (Å²) in [6.07, 6.45) is 1.37. The van der Waals surface area contributed by atoms with E-state index in [2.05, 4.69) is 10.3 Å². The first-order valence-corrected chi connectivity index (χ1v) is 6.75. The lowest BCUT2D eigenvalue weighted by Gasteiger charge is -2.15. The van der Waals surface area contributed by atoms with Crippen LogP contribution < -0.4 is 15.8 Å². The van der Waals surface area contributed by atoms with E-state index in [-0.39, 0.29) is 17.1 Å². The highest BCUT2D eigenvalue weighted by Crippen LogP contribution is 2.19. The second-order valence-corrected chi connectivity index (χ2v) is 4.95. The fraction of sp³-hybridized carbons (Fsp3) is 0.200. The fourth-order valence-electron chi connectivity index (χ4n) is 1.89. The number of carbonyl (C=O) groups is 1. The van der Waals surface area contributed by atoms with Gasteiger partial charge in [0, 0.05) is 0 Å². The first-order chi connectivity index (χ1) is 10.0. The van der Waals surface area contributed by atoms with Crippen LogP contribution in [0.25, 0.3) is 0 Å². The predicted molar refractivity (Wildman–Crippen MR) is 82.5 cm³/mol. The summed E-state index contributed by atoms with van der Waals surface area (Å²) < 4.78 is 5.10. The van der Waals surface area contributed by atoms with Crippen molar-refractivity contribution in [2.45, 2.75) is 13.0 Å². The Morgan fingerprint density at radius 1 is 1.38 bits per heavy atom. The zero-order chi connectivity index (χ0) is 15.4. The highest BCUT2D eigenvalue weighted by Gasteiger charge is 2.14. The Kier molecular flexibility index (Phi) is 4.65. The molecule has 0 saturated heterocycles. The number of rotatable bonds is 4. The summed E-state index contributed by atoms with van der Waals surface area (Å²) >= 11 is 5.79. The van der Waals surface area contributed by atoms with Gasteiger partial charge in [-0.05, 0) is 30.7 Å². The molecule has 5 nitrogen and oxygen atoms in total. The molecular formula is C15H16ClN3O2. The van der Waals surface area contributed by atoms with Crippen LogP contribution >= 0.6 is 11.6 Å². The van der Waals surface area contributed by atoms with E-state index < -0.39 is 0 Å². The molecule has 0 aliphatic rings. The lowest BCUT2D eigenvalue weighted by atomic mass is 10.1. The molecule has 2 aromatic rings.